The number of hydrogen-bond acceptors (Lipinski definition) is 12. The molecule has 1 aliphatic rings. The highest BCUT2D eigenvalue weighted by molar-refractivity contribution is 6.01. The van der Waals surface area contributed by atoms with Gasteiger partial charge in [-0.3, -0.25) is 14.4 Å². The van der Waals surface area contributed by atoms with E-state index < -0.39 is 89.3 Å². The third kappa shape index (κ3) is 9.84. The van der Waals surface area contributed by atoms with Crippen molar-refractivity contribution < 1.29 is 57.9 Å². The molecular formula is C37H48N2O12. The molecule has 3 rings (SSSR count). The topological polar surface area (TPSA) is 204 Å². The molecule has 8 unspecified atom stereocenters. The Morgan fingerprint density at radius 2 is 1.45 bits per heavy atom. The Morgan fingerprint density at radius 1 is 0.863 bits per heavy atom. The van der Waals surface area contributed by atoms with Gasteiger partial charge < -0.3 is 39.8 Å². The monoisotopic (exact) mass is 712 g/mol. The molecule has 2 amide bonds. The SMILES string of the molecule is CCC(C)C1OC(=O)C(NC(=O)c2cccc(NC=O)c2O)C(C)OC(=O)C(C(C)CC)OC(=O)C(C)(C)C(O)C(Cc2ccccc2)OC1=O. The zero-order valence-corrected chi connectivity index (χ0v) is 29.9. The standard InChI is InChI=1S/C37H48N2O12/c1-8-20(3)29-35(46)49-26(18-23-14-11-10-12-15-23)31(42)37(6,7)36(47)51-30(21(4)9-2)34(45)48-22(5)27(33(44)50-29)39-32(43)24-16-13-17-25(28(24)41)38-19-40/h10-17,19-22,26-27,29-31,41-42H,8-9,18H2,1-7H3,(H,38,40)(H,39,43). The summed E-state index contributed by atoms with van der Waals surface area (Å²) in [4.78, 5) is 79.7. The van der Waals surface area contributed by atoms with Crippen LogP contribution in [0.4, 0.5) is 5.69 Å². The van der Waals surface area contributed by atoms with Gasteiger partial charge >= 0.3 is 23.9 Å². The number of carbonyl (C=O) groups is 6. The van der Waals surface area contributed by atoms with Crippen LogP contribution in [0.25, 0.3) is 0 Å². The number of aliphatic hydroxyl groups is 1. The lowest BCUT2D eigenvalue weighted by Crippen LogP contribution is -2.53. The number of para-hydroxylation sites is 1. The maximum Gasteiger partial charge on any atom is 0.348 e. The molecule has 0 bridgehead atoms. The number of aromatic hydroxyl groups is 1. The fraction of sp³-hybridized carbons (Fsp3) is 0.514. The first-order valence-electron chi connectivity index (χ1n) is 16.9. The molecular weight excluding hydrogens is 664 g/mol. The first-order valence-corrected chi connectivity index (χ1v) is 16.9. The van der Waals surface area contributed by atoms with E-state index in [-0.39, 0.29) is 17.7 Å². The molecule has 2 aromatic carbocycles. The molecule has 8 atom stereocenters. The van der Waals surface area contributed by atoms with Gasteiger partial charge in [0.15, 0.2) is 11.8 Å². The van der Waals surface area contributed by atoms with Crippen molar-refractivity contribution in [1.29, 1.82) is 0 Å². The summed E-state index contributed by atoms with van der Waals surface area (Å²) in [6.07, 6.45) is -6.54. The van der Waals surface area contributed by atoms with Gasteiger partial charge in [0.2, 0.25) is 18.6 Å². The van der Waals surface area contributed by atoms with E-state index in [1.165, 1.54) is 39.0 Å². The van der Waals surface area contributed by atoms with Crippen LogP contribution in [-0.2, 0) is 49.3 Å². The molecule has 0 saturated carbocycles. The van der Waals surface area contributed by atoms with Gasteiger partial charge in [0.05, 0.1) is 16.7 Å². The summed E-state index contributed by atoms with van der Waals surface area (Å²) in [6, 6.07) is 11.0. The summed E-state index contributed by atoms with van der Waals surface area (Å²) in [5.74, 6) is -7.04. The normalized spacial score (nSPS) is 25.7. The number of cyclic esters (lactones) is 4. The molecule has 51 heavy (non-hydrogen) atoms. The summed E-state index contributed by atoms with van der Waals surface area (Å²) >= 11 is 0. The average Bonchev–Trinajstić information content (AvgIpc) is 3.10. The Bertz CT molecular complexity index is 1560. The van der Waals surface area contributed by atoms with Crippen molar-refractivity contribution in [3.05, 3.63) is 59.7 Å². The third-order valence-corrected chi connectivity index (χ3v) is 9.24. The molecule has 1 saturated heterocycles. The summed E-state index contributed by atoms with van der Waals surface area (Å²) < 4.78 is 22.9. The Balaban J connectivity index is 2.14. The molecule has 0 radical (unpaired) electrons. The summed E-state index contributed by atoms with van der Waals surface area (Å²) in [7, 11) is 0. The Hall–Kier alpha value is -4.98. The van der Waals surface area contributed by atoms with Crippen LogP contribution in [0.1, 0.15) is 77.2 Å². The minimum Gasteiger partial charge on any atom is -0.505 e. The van der Waals surface area contributed by atoms with E-state index >= 15 is 0 Å². The van der Waals surface area contributed by atoms with E-state index in [0.29, 0.717) is 24.8 Å². The lowest BCUT2D eigenvalue weighted by molar-refractivity contribution is -0.191. The minimum atomic E-state index is -1.76. The van der Waals surface area contributed by atoms with Gasteiger partial charge in [-0.1, -0.05) is 64.1 Å². The maximum atomic E-state index is 13.9. The van der Waals surface area contributed by atoms with E-state index in [9.17, 15) is 39.0 Å². The molecule has 1 aliphatic heterocycles. The van der Waals surface area contributed by atoms with Crippen LogP contribution >= 0.6 is 0 Å². The fourth-order valence-electron chi connectivity index (χ4n) is 5.36. The molecule has 1 fully saturated rings. The van der Waals surface area contributed by atoms with Crippen LogP contribution in [0.3, 0.4) is 0 Å². The highest BCUT2D eigenvalue weighted by Crippen LogP contribution is 2.32. The molecule has 278 valence electrons. The van der Waals surface area contributed by atoms with Crippen LogP contribution in [0.2, 0.25) is 0 Å². The molecule has 0 aromatic heterocycles. The second-order valence-corrected chi connectivity index (χ2v) is 13.3. The van der Waals surface area contributed by atoms with Crippen LogP contribution in [0, 0.1) is 17.3 Å². The van der Waals surface area contributed by atoms with Crippen molar-refractivity contribution in [3.63, 3.8) is 0 Å². The number of esters is 4. The van der Waals surface area contributed by atoms with Crippen LogP contribution in [0.15, 0.2) is 48.5 Å². The van der Waals surface area contributed by atoms with Gasteiger partial charge in [-0.05, 0) is 51.3 Å². The number of phenols is 1. The van der Waals surface area contributed by atoms with Gasteiger partial charge in [0.1, 0.15) is 18.3 Å². The predicted octanol–water partition coefficient (Wildman–Crippen LogP) is 3.46. The number of nitrogens with one attached hydrogen (secondary N) is 2. The van der Waals surface area contributed by atoms with Crippen molar-refractivity contribution in [2.24, 2.45) is 17.3 Å². The van der Waals surface area contributed by atoms with Crippen molar-refractivity contribution in [3.8, 4) is 5.75 Å². The van der Waals surface area contributed by atoms with Crippen molar-refractivity contribution in [2.45, 2.75) is 104 Å². The highest BCUT2D eigenvalue weighted by Gasteiger charge is 2.48. The molecule has 14 nitrogen and oxygen atoms in total. The Kier molecular flexibility index (Phi) is 14.1. The summed E-state index contributed by atoms with van der Waals surface area (Å²) in [5.41, 5.74) is -1.48. The largest absolute Gasteiger partial charge is 0.505 e. The van der Waals surface area contributed by atoms with E-state index in [0.717, 1.165) is 0 Å². The smallest absolute Gasteiger partial charge is 0.348 e. The number of ether oxygens (including phenoxy) is 4. The van der Waals surface area contributed by atoms with Gasteiger partial charge in [0.25, 0.3) is 5.91 Å². The number of amides is 2. The number of carbonyl (C=O) groups excluding carboxylic acids is 6. The average molecular weight is 713 g/mol. The zero-order chi connectivity index (χ0) is 38.0. The molecule has 0 aliphatic carbocycles. The number of aliphatic hydroxyl groups excluding tert-OH is 1. The second-order valence-electron chi connectivity index (χ2n) is 13.3. The van der Waals surface area contributed by atoms with E-state index in [2.05, 4.69) is 10.6 Å². The quantitative estimate of drug-likeness (QED) is 0.121. The van der Waals surface area contributed by atoms with Crippen molar-refractivity contribution >= 4 is 41.9 Å². The second kappa shape index (κ2) is 17.8. The number of benzene rings is 2. The van der Waals surface area contributed by atoms with E-state index in [1.54, 1.807) is 58.0 Å². The van der Waals surface area contributed by atoms with Crippen LogP contribution in [-0.4, -0.2) is 83.0 Å². The molecule has 2 aromatic rings. The van der Waals surface area contributed by atoms with Gasteiger partial charge in [0, 0.05) is 18.3 Å². The molecule has 4 N–H and O–H groups in total. The summed E-state index contributed by atoms with van der Waals surface area (Å²) in [6.45, 7) is 10.9. The lowest BCUT2D eigenvalue weighted by Gasteiger charge is -2.35. The van der Waals surface area contributed by atoms with Crippen molar-refractivity contribution in [1.82, 2.24) is 5.32 Å². The zero-order valence-electron chi connectivity index (χ0n) is 29.9. The fourth-order valence-corrected chi connectivity index (χ4v) is 5.36. The van der Waals surface area contributed by atoms with E-state index in [4.69, 9.17) is 18.9 Å². The first kappa shape index (κ1) is 40.4. The Labute approximate surface area is 297 Å². The van der Waals surface area contributed by atoms with Gasteiger partial charge in [-0.15, -0.1) is 0 Å². The number of hydrogen-bond donors (Lipinski definition) is 4. The molecule has 14 heteroatoms. The highest BCUT2D eigenvalue weighted by atomic mass is 16.6. The Morgan fingerprint density at radius 3 is 2.04 bits per heavy atom. The number of phenolic OH excluding ortho intramolecular Hbond substituents is 1. The van der Waals surface area contributed by atoms with Crippen LogP contribution < -0.4 is 10.6 Å². The summed E-state index contributed by atoms with van der Waals surface area (Å²) in [5, 5.41) is 27.0. The van der Waals surface area contributed by atoms with E-state index in [1.807, 2.05) is 0 Å². The number of rotatable bonds is 10. The first-order chi connectivity index (χ1) is 24.1. The van der Waals surface area contributed by atoms with Crippen molar-refractivity contribution in [2.75, 3.05) is 5.32 Å². The number of anilines is 1. The third-order valence-electron chi connectivity index (χ3n) is 9.24. The molecule has 1 heterocycles. The lowest BCUT2D eigenvalue weighted by atomic mass is 9.81. The minimum absolute atomic E-state index is 0.0281. The predicted molar refractivity (Wildman–Crippen MR) is 183 cm³/mol. The van der Waals surface area contributed by atoms with Crippen LogP contribution in [0.5, 0.6) is 5.75 Å². The maximum absolute atomic E-state index is 13.9. The van der Waals surface area contributed by atoms with Gasteiger partial charge in [-0.25, -0.2) is 14.4 Å². The van der Waals surface area contributed by atoms with Gasteiger partial charge in [-0.2, -0.15) is 0 Å². The molecule has 0 spiro atoms.